The van der Waals surface area contributed by atoms with E-state index in [2.05, 4.69) is 10.2 Å². The molecule has 1 aromatic heterocycles. The van der Waals surface area contributed by atoms with Crippen LogP contribution in [0.1, 0.15) is 21.9 Å². The fourth-order valence-electron chi connectivity index (χ4n) is 3.22. The zero-order valence-corrected chi connectivity index (χ0v) is 11.4. The highest BCUT2D eigenvalue weighted by Gasteiger charge is 2.36. The Morgan fingerprint density at radius 3 is 2.79 bits per heavy atom. The Morgan fingerprint density at radius 2 is 2.16 bits per heavy atom. The van der Waals surface area contributed by atoms with Gasteiger partial charge in [0.2, 0.25) is 5.76 Å². The van der Waals surface area contributed by atoms with Crippen molar-refractivity contribution in [3.63, 3.8) is 0 Å². The number of hydrogen-bond donors (Lipinski definition) is 1. The second kappa shape index (κ2) is 4.98. The van der Waals surface area contributed by atoms with E-state index in [1.54, 1.807) is 0 Å². The van der Waals surface area contributed by atoms with Crippen molar-refractivity contribution in [2.24, 2.45) is 11.8 Å². The second-order valence-electron chi connectivity index (χ2n) is 5.59. The van der Waals surface area contributed by atoms with E-state index in [9.17, 15) is 4.79 Å². The molecule has 19 heavy (non-hydrogen) atoms. The Balaban J connectivity index is 1.66. The van der Waals surface area contributed by atoms with E-state index in [1.165, 1.54) is 7.11 Å². The van der Waals surface area contributed by atoms with Gasteiger partial charge in [0.15, 0.2) is 0 Å². The summed E-state index contributed by atoms with van der Waals surface area (Å²) in [5.74, 6) is 2.34. The smallest absolute Gasteiger partial charge is 0.374 e. The quantitative estimate of drug-likeness (QED) is 0.826. The molecule has 0 saturated carbocycles. The van der Waals surface area contributed by atoms with Gasteiger partial charge in [-0.3, -0.25) is 4.90 Å². The molecule has 0 bridgehead atoms. The fourth-order valence-corrected chi connectivity index (χ4v) is 3.22. The maximum atomic E-state index is 11.5. The van der Waals surface area contributed by atoms with Crippen LogP contribution < -0.4 is 5.32 Å². The molecule has 2 unspecified atom stereocenters. The number of ether oxygens (including phenoxy) is 1. The minimum Gasteiger partial charge on any atom is -0.463 e. The predicted octanol–water partition coefficient (Wildman–Crippen LogP) is 1.03. The molecule has 1 aromatic rings. The summed E-state index contributed by atoms with van der Waals surface area (Å²) >= 11 is 0. The summed E-state index contributed by atoms with van der Waals surface area (Å²) < 4.78 is 10.3. The van der Waals surface area contributed by atoms with Gasteiger partial charge >= 0.3 is 5.97 Å². The van der Waals surface area contributed by atoms with Crippen LogP contribution in [0, 0.1) is 18.8 Å². The molecular formula is C14H20N2O3. The number of carbonyl (C=O) groups excluding carboxylic acids is 1. The van der Waals surface area contributed by atoms with Crippen molar-refractivity contribution < 1.29 is 13.9 Å². The number of rotatable bonds is 3. The van der Waals surface area contributed by atoms with E-state index in [-0.39, 0.29) is 0 Å². The summed E-state index contributed by atoms with van der Waals surface area (Å²) in [6.07, 6.45) is 0. The number of nitrogens with zero attached hydrogens (tertiary/aromatic N) is 1. The molecule has 5 nitrogen and oxygen atoms in total. The first kappa shape index (κ1) is 12.7. The van der Waals surface area contributed by atoms with Crippen LogP contribution in [0.2, 0.25) is 0 Å². The van der Waals surface area contributed by atoms with Gasteiger partial charge in [0.1, 0.15) is 5.76 Å². The SMILES string of the molecule is COC(=O)c1oc(CN2CC3CNCC3C2)cc1C. The Hall–Kier alpha value is -1.33. The van der Waals surface area contributed by atoms with E-state index in [0.29, 0.717) is 5.76 Å². The number of hydrogen-bond acceptors (Lipinski definition) is 5. The molecule has 5 heteroatoms. The molecule has 1 N–H and O–H groups in total. The third-order valence-corrected chi connectivity index (χ3v) is 4.18. The van der Waals surface area contributed by atoms with Gasteiger partial charge in [-0.1, -0.05) is 0 Å². The monoisotopic (exact) mass is 264 g/mol. The molecule has 2 aliphatic rings. The van der Waals surface area contributed by atoms with E-state index in [4.69, 9.17) is 9.15 Å². The Morgan fingerprint density at radius 1 is 1.47 bits per heavy atom. The van der Waals surface area contributed by atoms with Crippen molar-refractivity contribution in [2.75, 3.05) is 33.3 Å². The van der Waals surface area contributed by atoms with Crippen LogP contribution in [0.3, 0.4) is 0 Å². The first-order chi connectivity index (χ1) is 9.17. The van der Waals surface area contributed by atoms with Gasteiger partial charge < -0.3 is 14.5 Å². The Kier molecular flexibility index (Phi) is 3.33. The number of nitrogens with one attached hydrogen (secondary N) is 1. The third kappa shape index (κ3) is 2.40. The largest absolute Gasteiger partial charge is 0.463 e. The highest BCUT2D eigenvalue weighted by molar-refractivity contribution is 5.87. The summed E-state index contributed by atoms with van der Waals surface area (Å²) in [5.41, 5.74) is 0.850. The summed E-state index contributed by atoms with van der Waals surface area (Å²) in [5, 5.41) is 3.43. The van der Waals surface area contributed by atoms with Gasteiger partial charge in [-0.25, -0.2) is 4.79 Å². The number of methoxy groups -OCH3 is 1. The van der Waals surface area contributed by atoms with Gasteiger partial charge in [0.25, 0.3) is 0 Å². The lowest BCUT2D eigenvalue weighted by Crippen LogP contribution is -2.25. The number of fused-ring (bicyclic) bond motifs is 1. The third-order valence-electron chi connectivity index (χ3n) is 4.18. The van der Waals surface area contributed by atoms with Gasteiger partial charge in [-0.15, -0.1) is 0 Å². The number of aryl methyl sites for hydroxylation is 1. The Bertz CT molecular complexity index is 471. The first-order valence-corrected chi connectivity index (χ1v) is 6.78. The molecule has 104 valence electrons. The number of furan rings is 1. The second-order valence-corrected chi connectivity index (χ2v) is 5.59. The van der Waals surface area contributed by atoms with Crippen LogP contribution in [-0.4, -0.2) is 44.2 Å². The molecular weight excluding hydrogens is 244 g/mol. The molecule has 2 atom stereocenters. The molecule has 3 rings (SSSR count). The van der Waals surface area contributed by atoms with E-state index < -0.39 is 5.97 Å². The maximum Gasteiger partial charge on any atom is 0.374 e. The molecule has 0 aromatic carbocycles. The highest BCUT2D eigenvalue weighted by atomic mass is 16.5. The van der Waals surface area contributed by atoms with Crippen LogP contribution in [-0.2, 0) is 11.3 Å². The molecule has 2 saturated heterocycles. The summed E-state index contributed by atoms with van der Waals surface area (Å²) in [7, 11) is 1.37. The molecule has 2 aliphatic heterocycles. The topological polar surface area (TPSA) is 54.7 Å². The average molecular weight is 264 g/mol. The van der Waals surface area contributed by atoms with Crippen molar-refractivity contribution in [1.29, 1.82) is 0 Å². The molecule has 0 spiro atoms. The lowest BCUT2D eigenvalue weighted by Gasteiger charge is -2.14. The van der Waals surface area contributed by atoms with Crippen LogP contribution in [0.5, 0.6) is 0 Å². The van der Waals surface area contributed by atoms with Crippen molar-refractivity contribution in [3.8, 4) is 0 Å². The minimum absolute atomic E-state index is 0.332. The standard InChI is InChI=1S/C14H20N2O3/c1-9-3-12(19-13(9)14(17)18-2)8-16-6-10-4-15-5-11(10)7-16/h3,10-11,15H,4-8H2,1-2H3. The molecule has 0 aliphatic carbocycles. The van der Waals surface area contributed by atoms with Crippen molar-refractivity contribution in [1.82, 2.24) is 10.2 Å². The summed E-state index contributed by atoms with van der Waals surface area (Å²) in [4.78, 5) is 13.9. The highest BCUT2D eigenvalue weighted by Crippen LogP contribution is 2.28. The van der Waals surface area contributed by atoms with Crippen LogP contribution >= 0.6 is 0 Å². The van der Waals surface area contributed by atoms with Gasteiger partial charge in [-0.05, 0) is 37.9 Å². The molecule has 0 amide bonds. The van der Waals surface area contributed by atoms with Gasteiger partial charge in [-0.2, -0.15) is 0 Å². The van der Waals surface area contributed by atoms with Crippen LogP contribution in [0.25, 0.3) is 0 Å². The fraction of sp³-hybridized carbons (Fsp3) is 0.643. The lowest BCUT2D eigenvalue weighted by atomic mass is 10.0. The maximum absolute atomic E-state index is 11.5. The first-order valence-electron chi connectivity index (χ1n) is 6.78. The van der Waals surface area contributed by atoms with E-state index in [0.717, 1.165) is 55.9 Å². The summed E-state index contributed by atoms with van der Waals surface area (Å²) in [6, 6.07) is 1.94. The lowest BCUT2D eigenvalue weighted by molar-refractivity contribution is 0.0560. The predicted molar refractivity (Wildman–Crippen MR) is 69.9 cm³/mol. The van der Waals surface area contributed by atoms with Gasteiger partial charge in [0, 0.05) is 18.7 Å². The van der Waals surface area contributed by atoms with Crippen LogP contribution in [0.4, 0.5) is 0 Å². The zero-order chi connectivity index (χ0) is 13.4. The number of likely N-dealkylation sites (tertiary alicyclic amines) is 1. The van der Waals surface area contributed by atoms with Gasteiger partial charge in [0.05, 0.1) is 13.7 Å². The Labute approximate surface area is 112 Å². The van der Waals surface area contributed by atoms with E-state index in [1.807, 2.05) is 13.0 Å². The number of carbonyl (C=O) groups is 1. The van der Waals surface area contributed by atoms with Crippen LogP contribution in [0.15, 0.2) is 10.5 Å². The molecule has 3 heterocycles. The molecule has 2 fully saturated rings. The average Bonchev–Trinajstić information content (AvgIpc) is 3.03. The summed E-state index contributed by atoms with van der Waals surface area (Å²) in [6.45, 7) is 7.15. The minimum atomic E-state index is -0.397. The zero-order valence-electron chi connectivity index (χ0n) is 11.4. The normalized spacial score (nSPS) is 26.6. The van der Waals surface area contributed by atoms with Crippen molar-refractivity contribution >= 4 is 5.97 Å². The molecule has 0 radical (unpaired) electrons. The van der Waals surface area contributed by atoms with E-state index >= 15 is 0 Å². The number of esters is 1. The van der Waals surface area contributed by atoms with Crippen molar-refractivity contribution in [3.05, 3.63) is 23.2 Å². The van der Waals surface area contributed by atoms with Crippen molar-refractivity contribution in [2.45, 2.75) is 13.5 Å².